The first-order valence-electron chi connectivity index (χ1n) is 8.89. The van der Waals surface area contributed by atoms with Crippen LogP contribution in [0.4, 0.5) is 4.39 Å². The van der Waals surface area contributed by atoms with Crippen LogP contribution in [0.1, 0.15) is 58.6 Å². The van der Waals surface area contributed by atoms with Crippen LogP contribution < -0.4 is 5.32 Å². The van der Waals surface area contributed by atoms with Gasteiger partial charge in [0.2, 0.25) is 0 Å². The van der Waals surface area contributed by atoms with Crippen molar-refractivity contribution in [1.29, 1.82) is 0 Å². The molecule has 24 heavy (non-hydrogen) atoms. The fraction of sp³-hybridized carbons (Fsp3) is 0.450. The van der Waals surface area contributed by atoms with Crippen LogP contribution in [0.15, 0.2) is 24.3 Å². The number of carbonyl (C=O) groups is 1. The molecule has 1 amide bonds. The van der Waals surface area contributed by atoms with Crippen LogP contribution in [-0.4, -0.2) is 16.5 Å². The van der Waals surface area contributed by atoms with Gasteiger partial charge in [0.15, 0.2) is 0 Å². The smallest absolute Gasteiger partial charge is 0.268 e. The van der Waals surface area contributed by atoms with E-state index in [1.54, 1.807) is 0 Å². The van der Waals surface area contributed by atoms with Gasteiger partial charge >= 0.3 is 0 Å². The van der Waals surface area contributed by atoms with Gasteiger partial charge in [0.25, 0.3) is 5.91 Å². The van der Waals surface area contributed by atoms with Crippen LogP contribution in [-0.2, 0) is 19.4 Å². The average molecular weight is 326 g/mol. The van der Waals surface area contributed by atoms with Gasteiger partial charge in [-0.2, -0.15) is 0 Å². The van der Waals surface area contributed by atoms with Crippen LogP contribution in [0.2, 0.25) is 0 Å². The SMILES string of the molecule is Cc1c2c(n(Cc3ccc(F)cc3)c1C(=O)NC1CC1)CCCC2. The molecule has 1 fully saturated rings. The summed E-state index contributed by atoms with van der Waals surface area (Å²) in [5.74, 6) is -0.178. The molecule has 4 rings (SSSR count). The highest BCUT2D eigenvalue weighted by Gasteiger charge is 2.30. The third-order valence-electron chi connectivity index (χ3n) is 5.22. The van der Waals surface area contributed by atoms with Crippen molar-refractivity contribution in [2.75, 3.05) is 0 Å². The number of fused-ring (bicyclic) bond motifs is 1. The predicted octanol–water partition coefficient (Wildman–Crippen LogP) is 3.75. The number of halogens is 1. The molecule has 2 aliphatic carbocycles. The number of hydrogen-bond acceptors (Lipinski definition) is 1. The highest BCUT2D eigenvalue weighted by atomic mass is 19.1. The third kappa shape index (κ3) is 2.85. The van der Waals surface area contributed by atoms with Gasteiger partial charge in [-0.25, -0.2) is 4.39 Å². The first kappa shape index (κ1) is 15.4. The first-order chi connectivity index (χ1) is 11.6. The molecule has 0 bridgehead atoms. The highest BCUT2D eigenvalue weighted by Crippen LogP contribution is 2.31. The van der Waals surface area contributed by atoms with Crippen molar-refractivity contribution in [2.24, 2.45) is 0 Å². The average Bonchev–Trinajstić information content (AvgIpc) is 3.35. The topological polar surface area (TPSA) is 34.0 Å². The van der Waals surface area contributed by atoms with Gasteiger partial charge in [-0.05, 0) is 74.3 Å². The Morgan fingerprint density at radius 3 is 2.62 bits per heavy atom. The molecule has 1 aromatic heterocycles. The zero-order valence-corrected chi connectivity index (χ0v) is 14.1. The molecule has 1 heterocycles. The summed E-state index contributed by atoms with van der Waals surface area (Å²) >= 11 is 0. The van der Waals surface area contributed by atoms with Crippen LogP contribution in [0.25, 0.3) is 0 Å². The Kier molecular flexibility index (Phi) is 3.91. The summed E-state index contributed by atoms with van der Waals surface area (Å²) in [5.41, 5.74) is 5.61. The van der Waals surface area contributed by atoms with Crippen molar-refractivity contribution < 1.29 is 9.18 Å². The Morgan fingerprint density at radius 2 is 1.92 bits per heavy atom. The normalized spacial score (nSPS) is 16.8. The van der Waals surface area contributed by atoms with Gasteiger partial charge < -0.3 is 9.88 Å². The summed E-state index contributed by atoms with van der Waals surface area (Å²) in [7, 11) is 0. The van der Waals surface area contributed by atoms with Crippen molar-refractivity contribution >= 4 is 5.91 Å². The number of hydrogen-bond donors (Lipinski definition) is 1. The number of nitrogens with zero attached hydrogens (tertiary/aromatic N) is 1. The second kappa shape index (κ2) is 6.08. The Bertz CT molecular complexity index is 772. The van der Waals surface area contributed by atoms with Gasteiger partial charge in [-0.15, -0.1) is 0 Å². The quantitative estimate of drug-likeness (QED) is 0.912. The summed E-state index contributed by atoms with van der Waals surface area (Å²) in [6, 6.07) is 6.94. The van der Waals surface area contributed by atoms with E-state index < -0.39 is 0 Å². The minimum absolute atomic E-state index is 0.0477. The number of carbonyl (C=O) groups excluding carboxylic acids is 1. The van der Waals surface area contributed by atoms with E-state index in [0.29, 0.717) is 12.6 Å². The lowest BCUT2D eigenvalue weighted by molar-refractivity contribution is 0.0941. The van der Waals surface area contributed by atoms with E-state index in [2.05, 4.69) is 16.8 Å². The van der Waals surface area contributed by atoms with Crippen molar-refractivity contribution in [2.45, 2.75) is 58.0 Å². The lowest BCUT2D eigenvalue weighted by Gasteiger charge is -2.17. The van der Waals surface area contributed by atoms with Crippen molar-refractivity contribution in [1.82, 2.24) is 9.88 Å². The summed E-state index contributed by atoms with van der Waals surface area (Å²) in [4.78, 5) is 12.8. The Balaban J connectivity index is 1.74. The number of aromatic nitrogens is 1. The number of benzene rings is 1. The van der Waals surface area contributed by atoms with Gasteiger partial charge in [0.1, 0.15) is 11.5 Å². The molecule has 0 saturated heterocycles. The number of amides is 1. The Morgan fingerprint density at radius 1 is 1.21 bits per heavy atom. The molecule has 3 nitrogen and oxygen atoms in total. The van der Waals surface area contributed by atoms with Crippen LogP contribution in [0.3, 0.4) is 0 Å². The second-order valence-corrected chi connectivity index (χ2v) is 7.07. The van der Waals surface area contributed by atoms with Crippen molar-refractivity contribution in [3.05, 3.63) is 58.2 Å². The predicted molar refractivity (Wildman–Crippen MR) is 91.8 cm³/mol. The van der Waals surface area contributed by atoms with Gasteiger partial charge in [-0.1, -0.05) is 12.1 Å². The summed E-state index contributed by atoms with van der Waals surface area (Å²) in [6.45, 7) is 2.71. The largest absolute Gasteiger partial charge is 0.348 e. The minimum atomic E-state index is -0.226. The standard InChI is InChI=1S/C20H23FN2O/c1-13-17-4-2-3-5-18(17)23(12-14-6-8-15(21)9-7-14)19(13)20(24)22-16-10-11-16/h6-9,16H,2-5,10-12H2,1H3,(H,22,24). The maximum atomic E-state index is 13.2. The van der Waals surface area contributed by atoms with E-state index in [1.165, 1.54) is 36.2 Å². The van der Waals surface area contributed by atoms with E-state index in [-0.39, 0.29) is 11.7 Å². The molecule has 2 aliphatic rings. The van der Waals surface area contributed by atoms with Crippen molar-refractivity contribution in [3.8, 4) is 0 Å². The molecule has 4 heteroatoms. The molecule has 0 atom stereocenters. The molecule has 1 N–H and O–H groups in total. The molecular weight excluding hydrogens is 303 g/mol. The van der Waals surface area contributed by atoms with E-state index >= 15 is 0 Å². The van der Waals surface area contributed by atoms with E-state index in [0.717, 1.165) is 42.5 Å². The lowest BCUT2D eigenvalue weighted by Crippen LogP contribution is -2.29. The first-order valence-corrected chi connectivity index (χ1v) is 8.89. The second-order valence-electron chi connectivity index (χ2n) is 7.07. The third-order valence-corrected chi connectivity index (χ3v) is 5.22. The Hall–Kier alpha value is -2.10. The van der Waals surface area contributed by atoms with Gasteiger partial charge in [0.05, 0.1) is 0 Å². The molecule has 1 saturated carbocycles. The molecule has 0 unspecified atom stereocenters. The summed E-state index contributed by atoms with van der Waals surface area (Å²) < 4.78 is 15.4. The van der Waals surface area contributed by atoms with E-state index in [1.807, 2.05) is 12.1 Å². The minimum Gasteiger partial charge on any atom is -0.348 e. The summed E-state index contributed by atoms with van der Waals surface area (Å²) in [6.07, 6.45) is 6.61. The van der Waals surface area contributed by atoms with Crippen LogP contribution >= 0.6 is 0 Å². The lowest BCUT2D eigenvalue weighted by atomic mass is 9.95. The number of nitrogens with one attached hydrogen (secondary N) is 1. The maximum Gasteiger partial charge on any atom is 0.268 e. The molecule has 1 aromatic carbocycles. The fourth-order valence-corrected chi connectivity index (χ4v) is 3.79. The van der Waals surface area contributed by atoms with Gasteiger partial charge in [-0.3, -0.25) is 4.79 Å². The van der Waals surface area contributed by atoms with Gasteiger partial charge in [0, 0.05) is 18.3 Å². The zero-order chi connectivity index (χ0) is 16.7. The monoisotopic (exact) mass is 326 g/mol. The van der Waals surface area contributed by atoms with E-state index in [9.17, 15) is 9.18 Å². The number of rotatable bonds is 4. The van der Waals surface area contributed by atoms with E-state index in [4.69, 9.17) is 0 Å². The van der Waals surface area contributed by atoms with Crippen LogP contribution in [0.5, 0.6) is 0 Å². The Labute approximate surface area is 141 Å². The highest BCUT2D eigenvalue weighted by molar-refractivity contribution is 5.95. The fourth-order valence-electron chi connectivity index (χ4n) is 3.79. The summed E-state index contributed by atoms with van der Waals surface area (Å²) in [5, 5.41) is 3.14. The molecule has 0 radical (unpaired) electrons. The zero-order valence-electron chi connectivity index (χ0n) is 14.1. The van der Waals surface area contributed by atoms with Crippen LogP contribution in [0, 0.1) is 12.7 Å². The maximum absolute atomic E-state index is 13.2. The molecule has 0 spiro atoms. The molecular formula is C20H23FN2O. The van der Waals surface area contributed by atoms with Crippen molar-refractivity contribution in [3.63, 3.8) is 0 Å². The molecule has 0 aliphatic heterocycles. The molecule has 2 aromatic rings. The molecule has 126 valence electrons.